The molecule has 0 fully saturated rings. The van der Waals surface area contributed by atoms with E-state index in [0.29, 0.717) is 5.56 Å². The van der Waals surface area contributed by atoms with Crippen molar-refractivity contribution in [3.8, 4) is 0 Å². The zero-order valence-corrected chi connectivity index (χ0v) is 5.93. The number of hydrogen-bond acceptors (Lipinski definition) is 2. The summed E-state index contributed by atoms with van der Waals surface area (Å²) in [6.45, 7) is 1.68. The number of aryl methyl sites for hydroxylation is 1. The fraction of sp³-hybridized carbons (Fsp3) is 0.125. The summed E-state index contributed by atoms with van der Waals surface area (Å²) in [5.74, 6) is -2.23. The summed E-state index contributed by atoms with van der Waals surface area (Å²) in [5.41, 5.74) is 0.295. The molecule has 0 amide bonds. The first-order chi connectivity index (χ1) is 5.11. The minimum atomic E-state index is -1.48. The summed E-state index contributed by atoms with van der Waals surface area (Å²) in [6.07, 6.45) is 0. The fourth-order valence-corrected chi connectivity index (χ4v) is 0.786. The highest BCUT2D eigenvalue weighted by molar-refractivity contribution is 5.86. The Morgan fingerprint density at radius 3 is 2.64 bits per heavy atom. The van der Waals surface area contributed by atoms with Gasteiger partial charge in [-0.3, -0.25) is 0 Å². The van der Waals surface area contributed by atoms with Gasteiger partial charge in [-0.15, -0.1) is 0 Å². The molecule has 0 saturated carbocycles. The normalized spacial score (nSPS) is 9.64. The number of hydrogen-bond donors (Lipinski definition) is 0. The first kappa shape index (κ1) is 7.72. The van der Waals surface area contributed by atoms with Gasteiger partial charge >= 0.3 is 0 Å². The molecule has 1 aromatic rings. The monoisotopic (exact) mass is 153 g/mol. The third-order valence-electron chi connectivity index (χ3n) is 1.34. The van der Waals surface area contributed by atoms with Gasteiger partial charge in [0.1, 0.15) is 5.82 Å². The molecule has 0 aromatic heterocycles. The molecule has 1 aromatic carbocycles. The second-order valence-corrected chi connectivity index (χ2v) is 2.27. The second kappa shape index (κ2) is 2.70. The first-order valence-corrected chi connectivity index (χ1v) is 3.09. The van der Waals surface area contributed by atoms with E-state index in [4.69, 9.17) is 0 Å². The van der Waals surface area contributed by atoms with Crippen LogP contribution in [0.5, 0.6) is 0 Å². The van der Waals surface area contributed by atoms with Gasteiger partial charge in [-0.1, -0.05) is 6.07 Å². The average molecular weight is 153 g/mol. The van der Waals surface area contributed by atoms with Crippen molar-refractivity contribution in [1.29, 1.82) is 0 Å². The van der Waals surface area contributed by atoms with Crippen LogP contribution in [0.15, 0.2) is 18.2 Å². The standard InChI is InChI=1S/C8H7FO2/c1-5-2-3-6(8(10)11)7(9)4-5/h2-4H,1H3,(H,10,11)/p-1. The maximum Gasteiger partial charge on any atom is 0.132 e. The zero-order valence-electron chi connectivity index (χ0n) is 5.93. The number of halogens is 1. The van der Waals surface area contributed by atoms with E-state index in [1.54, 1.807) is 6.92 Å². The van der Waals surface area contributed by atoms with Crippen LogP contribution in [-0.2, 0) is 0 Å². The van der Waals surface area contributed by atoms with E-state index >= 15 is 0 Å². The molecule has 3 heteroatoms. The molecule has 11 heavy (non-hydrogen) atoms. The van der Waals surface area contributed by atoms with E-state index < -0.39 is 17.3 Å². The molecule has 0 spiro atoms. The van der Waals surface area contributed by atoms with Crippen LogP contribution in [0.3, 0.4) is 0 Å². The second-order valence-electron chi connectivity index (χ2n) is 2.27. The van der Waals surface area contributed by atoms with Crippen LogP contribution in [0.4, 0.5) is 4.39 Å². The lowest BCUT2D eigenvalue weighted by Crippen LogP contribution is -2.23. The number of benzene rings is 1. The Morgan fingerprint density at radius 1 is 1.55 bits per heavy atom. The lowest BCUT2D eigenvalue weighted by atomic mass is 10.1. The highest BCUT2D eigenvalue weighted by Crippen LogP contribution is 2.08. The summed E-state index contributed by atoms with van der Waals surface area (Å²) in [7, 11) is 0. The molecule has 58 valence electrons. The largest absolute Gasteiger partial charge is 0.545 e. The van der Waals surface area contributed by atoms with Crippen molar-refractivity contribution in [2.75, 3.05) is 0 Å². The van der Waals surface area contributed by atoms with Gasteiger partial charge in [0.15, 0.2) is 0 Å². The number of aromatic carboxylic acids is 1. The average Bonchev–Trinajstić information content (AvgIpc) is 1.85. The third-order valence-corrected chi connectivity index (χ3v) is 1.34. The highest BCUT2D eigenvalue weighted by Gasteiger charge is 2.01. The zero-order chi connectivity index (χ0) is 8.43. The summed E-state index contributed by atoms with van der Waals surface area (Å²) >= 11 is 0. The number of carboxylic acid groups (broad SMARTS) is 1. The van der Waals surface area contributed by atoms with E-state index in [9.17, 15) is 14.3 Å². The van der Waals surface area contributed by atoms with E-state index in [1.165, 1.54) is 12.1 Å². The number of carbonyl (C=O) groups excluding carboxylic acids is 1. The molecule has 0 radical (unpaired) electrons. The maximum atomic E-state index is 12.7. The fourth-order valence-electron chi connectivity index (χ4n) is 0.786. The summed E-state index contributed by atoms with van der Waals surface area (Å²) < 4.78 is 12.7. The SMILES string of the molecule is Cc1ccc(C(=O)[O-])c(F)c1. The molecule has 2 nitrogen and oxygen atoms in total. The van der Waals surface area contributed by atoms with Gasteiger partial charge in [-0.2, -0.15) is 0 Å². The van der Waals surface area contributed by atoms with Crippen molar-refractivity contribution >= 4 is 5.97 Å². The van der Waals surface area contributed by atoms with Crippen molar-refractivity contribution < 1.29 is 14.3 Å². The van der Waals surface area contributed by atoms with E-state index in [0.717, 1.165) is 6.07 Å². The van der Waals surface area contributed by atoms with Crippen molar-refractivity contribution in [2.45, 2.75) is 6.92 Å². The molecule has 0 aliphatic carbocycles. The summed E-state index contributed by atoms with van der Waals surface area (Å²) in [5, 5.41) is 10.2. The van der Waals surface area contributed by atoms with E-state index in [1.807, 2.05) is 0 Å². The van der Waals surface area contributed by atoms with E-state index in [2.05, 4.69) is 0 Å². The topological polar surface area (TPSA) is 40.1 Å². The predicted molar refractivity (Wildman–Crippen MR) is 35.5 cm³/mol. The van der Waals surface area contributed by atoms with Crippen LogP contribution in [0.2, 0.25) is 0 Å². The molecule has 0 N–H and O–H groups in total. The summed E-state index contributed by atoms with van der Waals surface area (Å²) in [6, 6.07) is 3.87. The van der Waals surface area contributed by atoms with Crippen molar-refractivity contribution in [3.63, 3.8) is 0 Å². The lowest BCUT2D eigenvalue weighted by Gasteiger charge is -2.03. The molecular weight excluding hydrogens is 147 g/mol. The molecule has 0 atom stereocenters. The van der Waals surface area contributed by atoms with Crippen molar-refractivity contribution in [3.05, 3.63) is 35.1 Å². The van der Waals surface area contributed by atoms with Gasteiger partial charge < -0.3 is 9.90 Å². The van der Waals surface area contributed by atoms with Crippen LogP contribution >= 0.6 is 0 Å². The van der Waals surface area contributed by atoms with Crippen LogP contribution in [-0.4, -0.2) is 5.97 Å². The van der Waals surface area contributed by atoms with Gasteiger partial charge in [-0.05, 0) is 24.6 Å². The lowest BCUT2D eigenvalue weighted by molar-refractivity contribution is -0.255. The Morgan fingerprint density at radius 2 is 2.18 bits per heavy atom. The smallest absolute Gasteiger partial charge is 0.132 e. The van der Waals surface area contributed by atoms with E-state index in [-0.39, 0.29) is 0 Å². The number of carbonyl (C=O) groups is 1. The molecule has 1 rings (SSSR count). The molecule has 0 unspecified atom stereocenters. The molecular formula is C8H6FO2-. The minimum absolute atomic E-state index is 0.393. The van der Waals surface area contributed by atoms with Crippen LogP contribution in [0, 0.1) is 12.7 Å². The Hall–Kier alpha value is -1.38. The van der Waals surface area contributed by atoms with Crippen molar-refractivity contribution in [1.82, 2.24) is 0 Å². The van der Waals surface area contributed by atoms with Gasteiger partial charge in [0.05, 0.1) is 5.97 Å². The predicted octanol–water partition coefficient (Wildman–Crippen LogP) is 0.498. The quantitative estimate of drug-likeness (QED) is 0.589. The minimum Gasteiger partial charge on any atom is -0.545 e. The van der Waals surface area contributed by atoms with Crippen LogP contribution in [0.25, 0.3) is 0 Å². The summed E-state index contributed by atoms with van der Waals surface area (Å²) in [4.78, 5) is 10.2. The number of carboxylic acids is 1. The van der Waals surface area contributed by atoms with Gasteiger partial charge in [-0.25, -0.2) is 4.39 Å². The molecule has 0 aliphatic heterocycles. The Balaban J connectivity index is 3.20. The molecule has 0 bridgehead atoms. The van der Waals surface area contributed by atoms with Crippen LogP contribution < -0.4 is 5.11 Å². The van der Waals surface area contributed by atoms with Gasteiger partial charge in [0.25, 0.3) is 0 Å². The Bertz CT molecular complexity index is 294. The Kier molecular flexibility index (Phi) is 1.89. The first-order valence-electron chi connectivity index (χ1n) is 3.09. The van der Waals surface area contributed by atoms with Gasteiger partial charge in [0.2, 0.25) is 0 Å². The maximum absolute atomic E-state index is 12.7. The molecule has 0 aliphatic rings. The Labute approximate surface area is 63.3 Å². The van der Waals surface area contributed by atoms with Gasteiger partial charge in [0, 0.05) is 5.56 Å². The number of rotatable bonds is 1. The highest BCUT2D eigenvalue weighted by atomic mass is 19.1. The molecule has 0 heterocycles. The molecule has 0 saturated heterocycles. The third kappa shape index (κ3) is 1.55. The van der Waals surface area contributed by atoms with Crippen LogP contribution in [0.1, 0.15) is 15.9 Å². The van der Waals surface area contributed by atoms with Crippen molar-refractivity contribution in [2.24, 2.45) is 0 Å².